The molecule has 1 aromatic rings. The van der Waals surface area contributed by atoms with E-state index in [2.05, 4.69) is 10.2 Å². The van der Waals surface area contributed by atoms with Crippen molar-refractivity contribution >= 4 is 11.8 Å². The van der Waals surface area contributed by atoms with E-state index in [1.165, 1.54) is 12.1 Å². The molecule has 4 rings (SSSR count). The molecule has 3 fully saturated rings. The Hall–Kier alpha value is -1.95. The maximum atomic E-state index is 13.2. The van der Waals surface area contributed by atoms with E-state index in [1.807, 2.05) is 4.90 Å². The summed E-state index contributed by atoms with van der Waals surface area (Å²) < 4.78 is 13.1. The summed E-state index contributed by atoms with van der Waals surface area (Å²) in [4.78, 5) is 29.3. The first-order valence-corrected chi connectivity index (χ1v) is 10.1. The fourth-order valence-corrected chi connectivity index (χ4v) is 4.43. The van der Waals surface area contributed by atoms with Crippen LogP contribution in [0.4, 0.5) is 4.39 Å². The van der Waals surface area contributed by atoms with Crippen LogP contribution < -0.4 is 5.32 Å². The molecule has 27 heavy (non-hydrogen) atoms. The molecule has 1 aliphatic carbocycles. The molecule has 0 bridgehead atoms. The fraction of sp³-hybridized carbons (Fsp3) is 0.619. The number of benzene rings is 1. The lowest BCUT2D eigenvalue weighted by Gasteiger charge is -2.39. The molecule has 3 aliphatic rings. The summed E-state index contributed by atoms with van der Waals surface area (Å²) in [5.41, 5.74) is 0.666. The molecule has 2 aliphatic heterocycles. The second kappa shape index (κ2) is 7.58. The zero-order valence-electron chi connectivity index (χ0n) is 15.8. The number of rotatable bonds is 6. The largest absolute Gasteiger partial charge is 0.353 e. The van der Waals surface area contributed by atoms with Gasteiger partial charge in [0.15, 0.2) is 0 Å². The molecule has 1 N–H and O–H groups in total. The summed E-state index contributed by atoms with van der Waals surface area (Å²) in [6, 6.07) is 6.81. The molecule has 1 spiro atoms. The highest BCUT2D eigenvalue weighted by atomic mass is 19.1. The Morgan fingerprint density at radius 2 is 1.96 bits per heavy atom. The number of hydrogen-bond acceptors (Lipinski definition) is 3. The zero-order valence-corrected chi connectivity index (χ0v) is 15.8. The van der Waals surface area contributed by atoms with Crippen LogP contribution in [0.5, 0.6) is 0 Å². The summed E-state index contributed by atoms with van der Waals surface area (Å²) in [6.45, 7) is 3.67. The van der Waals surface area contributed by atoms with Crippen LogP contribution in [-0.4, -0.2) is 53.8 Å². The minimum atomic E-state index is -0.300. The molecule has 146 valence electrons. The number of likely N-dealkylation sites (tertiary alicyclic amines) is 2. The number of carbonyl (C=O) groups excluding carboxylic acids is 2. The van der Waals surface area contributed by atoms with Gasteiger partial charge in [-0.05, 0) is 56.3 Å². The number of piperidine rings is 1. The first kappa shape index (κ1) is 18.4. The van der Waals surface area contributed by atoms with Gasteiger partial charge in [-0.1, -0.05) is 12.1 Å². The zero-order chi connectivity index (χ0) is 18.9. The maximum absolute atomic E-state index is 13.2. The second-order valence-corrected chi connectivity index (χ2v) is 8.35. The summed E-state index contributed by atoms with van der Waals surface area (Å²) in [5.74, 6) is 0.103. The minimum absolute atomic E-state index is 0.131. The van der Waals surface area contributed by atoms with Gasteiger partial charge < -0.3 is 15.1 Å². The van der Waals surface area contributed by atoms with Crippen LogP contribution >= 0.6 is 0 Å². The topological polar surface area (TPSA) is 52.7 Å². The monoisotopic (exact) mass is 373 g/mol. The average Bonchev–Trinajstić information content (AvgIpc) is 3.37. The molecule has 1 atom stereocenters. The van der Waals surface area contributed by atoms with E-state index in [9.17, 15) is 14.0 Å². The van der Waals surface area contributed by atoms with E-state index in [4.69, 9.17) is 0 Å². The van der Waals surface area contributed by atoms with Gasteiger partial charge in [0.05, 0.1) is 5.41 Å². The third-order valence-corrected chi connectivity index (χ3v) is 6.14. The molecule has 2 amide bonds. The summed E-state index contributed by atoms with van der Waals surface area (Å²) in [7, 11) is 0. The van der Waals surface area contributed by atoms with Crippen molar-refractivity contribution in [2.24, 2.45) is 5.41 Å². The lowest BCUT2D eigenvalue weighted by molar-refractivity contribution is -0.146. The second-order valence-electron chi connectivity index (χ2n) is 8.35. The van der Waals surface area contributed by atoms with Crippen molar-refractivity contribution in [3.63, 3.8) is 0 Å². The van der Waals surface area contributed by atoms with Crippen LogP contribution in [0.15, 0.2) is 24.3 Å². The van der Waals surface area contributed by atoms with Crippen molar-refractivity contribution in [1.82, 2.24) is 15.1 Å². The van der Waals surface area contributed by atoms with Crippen LogP contribution in [0, 0.1) is 11.2 Å². The predicted octanol–water partition coefficient (Wildman–Crippen LogP) is 2.31. The molecular formula is C21H28FN3O2. The fourth-order valence-electron chi connectivity index (χ4n) is 4.43. The van der Waals surface area contributed by atoms with Crippen LogP contribution in [-0.2, 0) is 16.1 Å². The Labute approximate surface area is 159 Å². The number of hydrogen-bond donors (Lipinski definition) is 1. The van der Waals surface area contributed by atoms with E-state index in [1.54, 1.807) is 12.1 Å². The van der Waals surface area contributed by atoms with Crippen molar-refractivity contribution in [2.75, 3.05) is 26.2 Å². The summed E-state index contributed by atoms with van der Waals surface area (Å²) in [5, 5.41) is 3.03. The number of nitrogens with one attached hydrogen (secondary N) is 1. The van der Waals surface area contributed by atoms with E-state index < -0.39 is 0 Å². The van der Waals surface area contributed by atoms with Crippen molar-refractivity contribution < 1.29 is 14.0 Å². The third-order valence-electron chi connectivity index (χ3n) is 6.14. The molecular weight excluding hydrogens is 345 g/mol. The molecule has 0 radical (unpaired) electrons. The van der Waals surface area contributed by atoms with Crippen molar-refractivity contribution in [2.45, 2.75) is 51.1 Å². The Morgan fingerprint density at radius 3 is 2.70 bits per heavy atom. The van der Waals surface area contributed by atoms with Crippen molar-refractivity contribution in [1.29, 1.82) is 0 Å². The van der Waals surface area contributed by atoms with Crippen LogP contribution in [0.2, 0.25) is 0 Å². The molecule has 1 aromatic carbocycles. The lowest BCUT2D eigenvalue weighted by atomic mass is 9.78. The molecule has 2 saturated heterocycles. The predicted molar refractivity (Wildman–Crippen MR) is 100 cm³/mol. The molecule has 5 nitrogen and oxygen atoms in total. The van der Waals surface area contributed by atoms with Gasteiger partial charge >= 0.3 is 0 Å². The summed E-state index contributed by atoms with van der Waals surface area (Å²) in [6.07, 6.45) is 5.53. The van der Waals surface area contributed by atoms with Crippen LogP contribution in [0.25, 0.3) is 0 Å². The standard InChI is InChI=1S/C21H28FN3O2/c22-17-4-2-16(3-5-17)14-25-11-1-9-21(20(25)27)10-13-24(15-21)12-8-19(26)23-18-6-7-18/h2-5,18H,1,6-15H2,(H,23,26)/t21-/m0/s1. The normalized spacial score (nSPS) is 26.0. The van der Waals surface area contributed by atoms with Gasteiger partial charge in [-0.25, -0.2) is 4.39 Å². The molecule has 0 aromatic heterocycles. The molecule has 6 heteroatoms. The number of carbonyl (C=O) groups is 2. The van der Waals surface area contributed by atoms with Gasteiger partial charge in [0, 0.05) is 38.6 Å². The number of halogens is 1. The Bertz CT molecular complexity index is 704. The highest BCUT2D eigenvalue weighted by Crippen LogP contribution is 2.40. The number of amides is 2. The van der Waals surface area contributed by atoms with Gasteiger partial charge in [-0.15, -0.1) is 0 Å². The molecule has 2 heterocycles. The molecule has 0 unspecified atom stereocenters. The van der Waals surface area contributed by atoms with E-state index in [0.717, 1.165) is 63.8 Å². The van der Waals surface area contributed by atoms with Gasteiger partial charge in [0.2, 0.25) is 11.8 Å². The van der Waals surface area contributed by atoms with E-state index in [-0.39, 0.29) is 23.0 Å². The first-order chi connectivity index (χ1) is 13.0. The highest BCUT2D eigenvalue weighted by molar-refractivity contribution is 5.84. The van der Waals surface area contributed by atoms with E-state index in [0.29, 0.717) is 19.0 Å². The Balaban J connectivity index is 1.32. The van der Waals surface area contributed by atoms with Gasteiger partial charge in [-0.2, -0.15) is 0 Å². The maximum Gasteiger partial charge on any atom is 0.230 e. The van der Waals surface area contributed by atoms with Crippen LogP contribution in [0.1, 0.15) is 44.1 Å². The van der Waals surface area contributed by atoms with Gasteiger partial charge in [0.1, 0.15) is 5.82 Å². The summed E-state index contributed by atoms with van der Waals surface area (Å²) >= 11 is 0. The smallest absolute Gasteiger partial charge is 0.230 e. The van der Waals surface area contributed by atoms with Crippen molar-refractivity contribution in [3.8, 4) is 0 Å². The Kier molecular flexibility index (Phi) is 5.17. The Morgan fingerprint density at radius 1 is 1.19 bits per heavy atom. The van der Waals surface area contributed by atoms with Gasteiger partial charge in [0.25, 0.3) is 0 Å². The minimum Gasteiger partial charge on any atom is -0.353 e. The molecule has 1 saturated carbocycles. The van der Waals surface area contributed by atoms with E-state index >= 15 is 0 Å². The number of nitrogens with zero attached hydrogens (tertiary/aromatic N) is 2. The lowest BCUT2D eigenvalue weighted by Crippen LogP contribution is -2.49. The SMILES string of the molecule is O=C(CCN1CC[C@@]2(CCCN(Cc3ccc(F)cc3)C2=O)C1)NC1CC1. The van der Waals surface area contributed by atoms with Crippen LogP contribution in [0.3, 0.4) is 0 Å². The third kappa shape index (κ3) is 4.32. The van der Waals surface area contributed by atoms with Gasteiger partial charge in [-0.3, -0.25) is 9.59 Å². The average molecular weight is 373 g/mol. The highest BCUT2D eigenvalue weighted by Gasteiger charge is 2.48. The quantitative estimate of drug-likeness (QED) is 0.833. The van der Waals surface area contributed by atoms with Crippen molar-refractivity contribution in [3.05, 3.63) is 35.6 Å². The first-order valence-electron chi connectivity index (χ1n) is 10.1.